The van der Waals surface area contributed by atoms with E-state index < -0.39 is 6.17 Å². The third kappa shape index (κ3) is 6.74. The number of nitrogens with zero attached hydrogens (tertiary/aromatic N) is 7. The van der Waals surface area contributed by atoms with Crippen molar-refractivity contribution >= 4 is 28.8 Å². The molecule has 1 atom stereocenters. The number of carbonyl (C=O) groups is 1. The molecule has 0 saturated carbocycles. The second kappa shape index (κ2) is 12.7. The highest BCUT2D eigenvalue weighted by atomic mass is 19.1. The number of anilines is 4. The maximum atomic E-state index is 13.3. The van der Waals surface area contributed by atoms with Crippen LogP contribution >= 0.6 is 0 Å². The number of benzene rings is 1. The monoisotopic (exact) mass is 561 g/mol. The molecule has 1 saturated heterocycles. The summed E-state index contributed by atoms with van der Waals surface area (Å²) in [4.78, 5) is 32.2. The number of hydrogen-bond acceptors (Lipinski definition) is 11. The van der Waals surface area contributed by atoms with Gasteiger partial charge in [0, 0.05) is 45.4 Å². The molecule has 3 aromatic heterocycles. The zero-order valence-electron chi connectivity index (χ0n) is 23.2. The van der Waals surface area contributed by atoms with Crippen molar-refractivity contribution in [3.8, 4) is 23.0 Å². The Balaban J connectivity index is 1.32. The van der Waals surface area contributed by atoms with Crippen molar-refractivity contribution in [2.24, 2.45) is 7.05 Å². The van der Waals surface area contributed by atoms with Crippen molar-refractivity contribution in [3.63, 3.8) is 0 Å². The van der Waals surface area contributed by atoms with Crippen molar-refractivity contribution in [2.75, 3.05) is 44.0 Å². The fraction of sp³-hybridized carbons (Fsp3) is 0.357. The predicted molar refractivity (Wildman–Crippen MR) is 152 cm³/mol. The van der Waals surface area contributed by atoms with Crippen LogP contribution < -0.4 is 20.1 Å². The largest absolute Gasteiger partial charge is 0.494 e. The number of alkyl halides is 1. The maximum absolute atomic E-state index is 13.3. The minimum Gasteiger partial charge on any atom is -0.494 e. The summed E-state index contributed by atoms with van der Waals surface area (Å²) in [6, 6.07) is 7.31. The van der Waals surface area contributed by atoms with E-state index >= 15 is 0 Å². The Morgan fingerprint density at radius 2 is 1.95 bits per heavy atom. The quantitative estimate of drug-likeness (QED) is 0.241. The maximum Gasteiger partial charge on any atom is 0.232 e. The van der Waals surface area contributed by atoms with E-state index in [1.54, 1.807) is 38.2 Å². The topological polar surface area (TPSA) is 132 Å². The average Bonchev–Trinajstić information content (AvgIpc) is 3.61. The van der Waals surface area contributed by atoms with Crippen LogP contribution in [0.5, 0.6) is 11.6 Å². The van der Waals surface area contributed by atoms with Crippen LogP contribution in [0.25, 0.3) is 11.4 Å². The molecule has 0 unspecified atom stereocenters. The molecule has 0 radical (unpaired) electrons. The number of methoxy groups -OCH3 is 1. The van der Waals surface area contributed by atoms with Crippen molar-refractivity contribution in [1.29, 1.82) is 0 Å². The molecule has 4 aromatic rings. The number of pyridine rings is 1. The zero-order valence-corrected chi connectivity index (χ0v) is 23.2. The number of nitrogens with one attached hydrogen (secondary N) is 2. The number of rotatable bonds is 12. The highest BCUT2D eigenvalue weighted by Crippen LogP contribution is 2.37. The Bertz CT molecular complexity index is 1500. The second-order valence-electron chi connectivity index (χ2n) is 9.54. The SMILES string of the molecule is CCC(=O)c1cnc(Nc2cnc(OCCN3CC[C@H](F)C3)cn2)cc1Nc1cccc(-c2ncn(C)n2)c1OC. The normalized spacial score (nSPS) is 15.1. The standard InChI is InChI=1S/C28H32FN9O3/c1-4-23(39)20-13-30-24(35-25-14-32-26(15-31-25)41-11-10-38-9-8-18(29)16-38)12-22(20)34-21-7-5-6-19(27(21)40-3)28-33-17-37(2)36-28/h5-7,12-15,17-18H,4,8-11,16H2,1-3H3,(H2,30,31,34,35)/t18-/m0/s1. The first kappa shape index (κ1) is 27.9. The molecule has 1 aromatic carbocycles. The molecular formula is C28H32FN9O3. The first-order valence-electron chi connectivity index (χ1n) is 13.3. The Labute approximate surface area is 237 Å². The molecule has 0 spiro atoms. The van der Waals surface area contributed by atoms with E-state index in [0.29, 0.717) is 84.1 Å². The van der Waals surface area contributed by atoms with Crippen LogP contribution in [0.2, 0.25) is 0 Å². The molecule has 214 valence electrons. The summed E-state index contributed by atoms with van der Waals surface area (Å²) in [5.74, 6) is 2.27. The van der Waals surface area contributed by atoms with Crippen molar-refractivity contribution in [1.82, 2.24) is 34.6 Å². The van der Waals surface area contributed by atoms with Crippen molar-refractivity contribution in [2.45, 2.75) is 25.9 Å². The minimum absolute atomic E-state index is 0.0645. The number of ketones is 1. The summed E-state index contributed by atoms with van der Waals surface area (Å²) >= 11 is 0. The molecule has 5 rings (SSSR count). The highest BCUT2D eigenvalue weighted by Gasteiger charge is 2.21. The van der Waals surface area contributed by atoms with E-state index in [1.807, 2.05) is 23.1 Å². The van der Waals surface area contributed by atoms with Crippen LogP contribution in [0.3, 0.4) is 0 Å². The predicted octanol–water partition coefficient (Wildman–Crippen LogP) is 4.18. The van der Waals surface area contributed by atoms with E-state index in [4.69, 9.17) is 9.47 Å². The summed E-state index contributed by atoms with van der Waals surface area (Å²) in [5, 5.41) is 10.8. The fourth-order valence-electron chi connectivity index (χ4n) is 4.53. The molecule has 1 aliphatic rings. The average molecular weight is 562 g/mol. The molecule has 0 amide bonds. The second-order valence-corrected chi connectivity index (χ2v) is 9.54. The number of Topliss-reactive ketones (excluding diaryl/α,β-unsaturated/α-hetero) is 1. The van der Waals surface area contributed by atoms with Crippen LogP contribution in [0.4, 0.5) is 27.4 Å². The lowest BCUT2D eigenvalue weighted by molar-refractivity contribution is 0.0988. The van der Waals surface area contributed by atoms with E-state index in [9.17, 15) is 9.18 Å². The van der Waals surface area contributed by atoms with Crippen molar-refractivity contribution in [3.05, 3.63) is 54.7 Å². The smallest absolute Gasteiger partial charge is 0.232 e. The van der Waals surface area contributed by atoms with Gasteiger partial charge in [0.15, 0.2) is 17.4 Å². The van der Waals surface area contributed by atoms with Gasteiger partial charge in [-0.25, -0.2) is 24.3 Å². The molecule has 1 aliphatic heterocycles. The fourth-order valence-corrected chi connectivity index (χ4v) is 4.53. The number of ether oxygens (including phenoxy) is 2. The molecule has 0 bridgehead atoms. The molecule has 1 fully saturated rings. The van der Waals surface area contributed by atoms with Crippen LogP contribution in [0.1, 0.15) is 30.1 Å². The third-order valence-electron chi connectivity index (χ3n) is 6.61. The molecule has 13 heteroatoms. The number of halogens is 1. The minimum atomic E-state index is -0.755. The van der Waals surface area contributed by atoms with Gasteiger partial charge in [-0.2, -0.15) is 5.10 Å². The molecule has 41 heavy (non-hydrogen) atoms. The van der Waals surface area contributed by atoms with Gasteiger partial charge in [0.1, 0.15) is 30.7 Å². The molecule has 4 heterocycles. The van der Waals surface area contributed by atoms with Gasteiger partial charge in [0.2, 0.25) is 5.88 Å². The Kier molecular flexibility index (Phi) is 8.63. The molecule has 2 N–H and O–H groups in total. The first-order chi connectivity index (χ1) is 19.9. The molecule has 0 aliphatic carbocycles. The third-order valence-corrected chi connectivity index (χ3v) is 6.61. The van der Waals surface area contributed by atoms with Crippen LogP contribution in [0, 0.1) is 0 Å². The van der Waals surface area contributed by atoms with Crippen LogP contribution in [0.15, 0.2) is 49.2 Å². The van der Waals surface area contributed by atoms with E-state index in [1.165, 1.54) is 18.6 Å². The Morgan fingerprint density at radius 1 is 1.10 bits per heavy atom. The number of carbonyl (C=O) groups excluding carboxylic acids is 1. The van der Waals surface area contributed by atoms with Gasteiger partial charge in [-0.15, -0.1) is 0 Å². The Hall–Kier alpha value is -4.65. The summed E-state index contributed by atoms with van der Waals surface area (Å²) in [6.07, 6.45) is 6.33. The summed E-state index contributed by atoms with van der Waals surface area (Å²) in [5.41, 5.74) is 2.33. The van der Waals surface area contributed by atoms with Gasteiger partial charge >= 0.3 is 0 Å². The van der Waals surface area contributed by atoms with Crippen molar-refractivity contribution < 1.29 is 18.7 Å². The number of aromatic nitrogens is 6. The number of hydrogen-bond donors (Lipinski definition) is 2. The number of aryl methyl sites for hydroxylation is 1. The van der Waals surface area contributed by atoms with Gasteiger partial charge in [0.05, 0.1) is 42.0 Å². The lowest BCUT2D eigenvalue weighted by atomic mass is 10.1. The zero-order chi connectivity index (χ0) is 28.8. The van der Waals surface area contributed by atoms with E-state index in [2.05, 4.69) is 35.7 Å². The lowest BCUT2D eigenvalue weighted by Crippen LogP contribution is -2.26. The van der Waals surface area contributed by atoms with Gasteiger partial charge < -0.3 is 20.1 Å². The highest BCUT2D eigenvalue weighted by molar-refractivity contribution is 6.02. The van der Waals surface area contributed by atoms with Gasteiger partial charge in [-0.3, -0.25) is 14.4 Å². The van der Waals surface area contributed by atoms with Gasteiger partial charge in [-0.1, -0.05) is 13.0 Å². The number of para-hydroxylation sites is 1. The molecule has 12 nitrogen and oxygen atoms in total. The van der Waals surface area contributed by atoms with E-state index in [0.717, 1.165) is 6.54 Å². The Morgan fingerprint density at radius 3 is 2.63 bits per heavy atom. The van der Waals surface area contributed by atoms with Crippen LogP contribution in [-0.4, -0.2) is 79.9 Å². The first-order valence-corrected chi connectivity index (χ1v) is 13.3. The number of likely N-dealkylation sites (tertiary alicyclic amines) is 1. The summed E-state index contributed by atoms with van der Waals surface area (Å²) in [7, 11) is 3.37. The summed E-state index contributed by atoms with van der Waals surface area (Å²) in [6.45, 7) is 4.03. The van der Waals surface area contributed by atoms with Gasteiger partial charge in [0.25, 0.3) is 0 Å². The van der Waals surface area contributed by atoms with Gasteiger partial charge in [-0.05, 0) is 18.6 Å². The molecular weight excluding hydrogens is 529 g/mol. The summed E-state index contributed by atoms with van der Waals surface area (Å²) < 4.78 is 26.3. The van der Waals surface area contributed by atoms with E-state index in [-0.39, 0.29) is 5.78 Å². The van der Waals surface area contributed by atoms with Crippen LogP contribution in [-0.2, 0) is 7.05 Å². The lowest BCUT2D eigenvalue weighted by Gasteiger charge is -2.17.